The number of aliphatic hydroxyl groups excluding tert-OH is 1. The van der Waals surface area contributed by atoms with Crippen molar-refractivity contribution in [1.82, 2.24) is 4.98 Å². The minimum absolute atomic E-state index is 0.310. The highest BCUT2D eigenvalue weighted by Gasteiger charge is 1.97. The molecule has 1 unspecified atom stereocenters. The Morgan fingerprint density at radius 3 is 3.10 bits per heavy atom. The molecule has 0 aromatic carbocycles. The van der Waals surface area contributed by atoms with Gasteiger partial charge in [-0.2, -0.15) is 0 Å². The van der Waals surface area contributed by atoms with E-state index in [0.29, 0.717) is 6.42 Å². The van der Waals surface area contributed by atoms with Crippen LogP contribution in [0.25, 0.3) is 0 Å². The Kier molecular flexibility index (Phi) is 2.40. The van der Waals surface area contributed by atoms with E-state index in [1.807, 2.05) is 6.07 Å². The summed E-state index contributed by atoms with van der Waals surface area (Å²) in [5.74, 6) is 0. The summed E-state index contributed by atoms with van der Waals surface area (Å²) in [4.78, 5) is 4.00. The summed E-state index contributed by atoms with van der Waals surface area (Å²) >= 11 is 0. The number of aliphatic hydroxyl groups is 1. The van der Waals surface area contributed by atoms with Crippen molar-refractivity contribution in [1.29, 1.82) is 0 Å². The van der Waals surface area contributed by atoms with E-state index in [1.165, 1.54) is 0 Å². The van der Waals surface area contributed by atoms with Crippen LogP contribution in [0.2, 0.25) is 0 Å². The maximum absolute atomic E-state index is 8.96. The number of nitrogens with zero attached hydrogens (tertiary/aromatic N) is 1. The van der Waals surface area contributed by atoms with Crippen LogP contribution < -0.4 is 0 Å². The molecule has 1 atom stereocenters. The highest BCUT2D eigenvalue weighted by Crippen LogP contribution is 1.96. The Bertz CT molecular complexity index is 184. The first-order valence-electron chi connectivity index (χ1n) is 3.28. The molecule has 2 nitrogen and oxygen atoms in total. The van der Waals surface area contributed by atoms with Gasteiger partial charge in [-0.25, -0.2) is 0 Å². The molecule has 0 aliphatic carbocycles. The lowest BCUT2D eigenvalue weighted by molar-refractivity contribution is 0.194. The summed E-state index contributed by atoms with van der Waals surface area (Å²) in [6.45, 7) is 1.75. The molecule has 1 aromatic heterocycles. The molecule has 0 amide bonds. The summed E-state index contributed by atoms with van der Waals surface area (Å²) in [5.41, 5.74) is 0.911. The molecule has 1 heterocycles. The van der Waals surface area contributed by atoms with Gasteiger partial charge in [0.2, 0.25) is 0 Å². The molecule has 1 aromatic rings. The number of pyridine rings is 1. The van der Waals surface area contributed by atoms with Gasteiger partial charge in [-0.1, -0.05) is 6.07 Å². The zero-order chi connectivity index (χ0) is 7.40. The fraction of sp³-hybridized carbons (Fsp3) is 0.375. The zero-order valence-electron chi connectivity index (χ0n) is 5.91. The largest absolute Gasteiger partial charge is 0.393 e. The average Bonchev–Trinajstić information content (AvgIpc) is 1.88. The van der Waals surface area contributed by atoms with Crippen LogP contribution in [0.1, 0.15) is 12.6 Å². The third-order valence-corrected chi connectivity index (χ3v) is 1.18. The fourth-order valence-corrected chi connectivity index (χ4v) is 0.774. The standard InChI is InChI=1S/C8H10NO/c1-7(10)6-8-4-2-3-5-9-8/h2,4-5,7,10H,6H2,1H3. The van der Waals surface area contributed by atoms with Gasteiger partial charge in [-0.15, -0.1) is 0 Å². The number of aromatic nitrogens is 1. The molecule has 1 rings (SSSR count). The van der Waals surface area contributed by atoms with E-state index in [-0.39, 0.29) is 6.10 Å². The van der Waals surface area contributed by atoms with Crippen molar-refractivity contribution in [2.45, 2.75) is 19.4 Å². The molecule has 0 saturated heterocycles. The monoisotopic (exact) mass is 136 g/mol. The summed E-state index contributed by atoms with van der Waals surface area (Å²) in [7, 11) is 0. The molecule has 0 saturated carbocycles. The molecular weight excluding hydrogens is 126 g/mol. The van der Waals surface area contributed by atoms with Crippen LogP contribution in [0.4, 0.5) is 0 Å². The Morgan fingerprint density at radius 1 is 1.80 bits per heavy atom. The summed E-state index contributed by atoms with van der Waals surface area (Å²) < 4.78 is 0. The first-order valence-corrected chi connectivity index (χ1v) is 3.28. The van der Waals surface area contributed by atoms with Gasteiger partial charge in [0.05, 0.1) is 6.10 Å². The van der Waals surface area contributed by atoms with Crippen molar-refractivity contribution in [2.24, 2.45) is 0 Å². The predicted molar refractivity (Wildman–Crippen MR) is 38.5 cm³/mol. The first kappa shape index (κ1) is 7.22. The molecule has 1 radical (unpaired) electrons. The van der Waals surface area contributed by atoms with Crippen molar-refractivity contribution < 1.29 is 5.11 Å². The van der Waals surface area contributed by atoms with E-state index in [2.05, 4.69) is 11.1 Å². The summed E-state index contributed by atoms with van der Waals surface area (Å²) in [6, 6.07) is 6.46. The molecular formula is C8H10NO. The highest BCUT2D eigenvalue weighted by molar-refractivity contribution is 5.03. The molecule has 2 heteroatoms. The predicted octanol–water partition coefficient (Wildman–Crippen LogP) is 0.805. The molecule has 0 bridgehead atoms. The third-order valence-electron chi connectivity index (χ3n) is 1.18. The molecule has 10 heavy (non-hydrogen) atoms. The van der Waals surface area contributed by atoms with Crippen molar-refractivity contribution in [3.05, 3.63) is 30.1 Å². The lowest BCUT2D eigenvalue weighted by Gasteiger charge is -2.00. The first-order chi connectivity index (χ1) is 4.79. The Labute approximate surface area is 60.5 Å². The van der Waals surface area contributed by atoms with Crippen molar-refractivity contribution in [3.8, 4) is 0 Å². The van der Waals surface area contributed by atoms with Gasteiger partial charge in [0.15, 0.2) is 0 Å². The minimum Gasteiger partial charge on any atom is -0.393 e. The van der Waals surface area contributed by atoms with Gasteiger partial charge in [0, 0.05) is 24.4 Å². The maximum atomic E-state index is 8.96. The lowest BCUT2D eigenvalue weighted by atomic mass is 10.2. The Balaban J connectivity index is 2.59. The van der Waals surface area contributed by atoms with Crippen LogP contribution in [0.5, 0.6) is 0 Å². The third kappa shape index (κ3) is 2.15. The smallest absolute Gasteiger partial charge is 0.0567 e. The normalized spacial score (nSPS) is 13.0. The Hall–Kier alpha value is -0.890. The highest BCUT2D eigenvalue weighted by atomic mass is 16.3. The van der Waals surface area contributed by atoms with Crippen molar-refractivity contribution in [3.63, 3.8) is 0 Å². The second-order valence-corrected chi connectivity index (χ2v) is 2.30. The van der Waals surface area contributed by atoms with Gasteiger partial charge in [0.25, 0.3) is 0 Å². The van der Waals surface area contributed by atoms with E-state index in [1.54, 1.807) is 19.2 Å². The topological polar surface area (TPSA) is 33.1 Å². The number of hydrogen-bond donors (Lipinski definition) is 1. The molecule has 0 fully saturated rings. The van der Waals surface area contributed by atoms with Crippen molar-refractivity contribution in [2.75, 3.05) is 0 Å². The minimum atomic E-state index is -0.310. The van der Waals surface area contributed by atoms with Gasteiger partial charge in [-0.05, 0) is 13.0 Å². The number of rotatable bonds is 2. The zero-order valence-corrected chi connectivity index (χ0v) is 5.91. The maximum Gasteiger partial charge on any atom is 0.0567 e. The summed E-state index contributed by atoms with van der Waals surface area (Å²) in [5, 5.41) is 8.96. The van der Waals surface area contributed by atoms with Crippen LogP contribution in [-0.2, 0) is 6.42 Å². The van der Waals surface area contributed by atoms with Gasteiger partial charge >= 0.3 is 0 Å². The van der Waals surface area contributed by atoms with Gasteiger partial charge in [0.1, 0.15) is 0 Å². The molecule has 1 N–H and O–H groups in total. The van der Waals surface area contributed by atoms with Crippen molar-refractivity contribution >= 4 is 0 Å². The van der Waals surface area contributed by atoms with E-state index >= 15 is 0 Å². The van der Waals surface area contributed by atoms with Crippen LogP contribution in [-0.4, -0.2) is 16.2 Å². The van der Waals surface area contributed by atoms with Gasteiger partial charge in [-0.3, -0.25) is 4.98 Å². The van der Waals surface area contributed by atoms with E-state index < -0.39 is 0 Å². The quantitative estimate of drug-likeness (QED) is 0.652. The van der Waals surface area contributed by atoms with E-state index in [9.17, 15) is 0 Å². The molecule has 0 aliphatic heterocycles. The van der Waals surface area contributed by atoms with Crippen LogP contribution in [0, 0.1) is 6.07 Å². The fourth-order valence-electron chi connectivity index (χ4n) is 0.774. The average molecular weight is 136 g/mol. The molecule has 53 valence electrons. The van der Waals surface area contributed by atoms with Crippen LogP contribution in [0.3, 0.4) is 0 Å². The molecule has 0 aliphatic rings. The lowest BCUT2D eigenvalue weighted by Crippen LogP contribution is -2.05. The van der Waals surface area contributed by atoms with Crippen LogP contribution in [0.15, 0.2) is 18.3 Å². The van der Waals surface area contributed by atoms with E-state index in [0.717, 1.165) is 5.69 Å². The SMILES string of the molecule is CC(O)Cc1cc[c]cn1. The van der Waals surface area contributed by atoms with Gasteiger partial charge < -0.3 is 5.11 Å². The second-order valence-electron chi connectivity index (χ2n) is 2.30. The summed E-state index contributed by atoms with van der Waals surface area (Å²) in [6.07, 6.45) is 1.92. The second kappa shape index (κ2) is 3.32. The van der Waals surface area contributed by atoms with Crippen LogP contribution >= 0.6 is 0 Å². The number of hydrogen-bond acceptors (Lipinski definition) is 2. The van der Waals surface area contributed by atoms with E-state index in [4.69, 9.17) is 5.11 Å². The Morgan fingerprint density at radius 2 is 2.60 bits per heavy atom. The molecule has 0 spiro atoms.